The normalized spacial score (nSPS) is 11.3. The maximum absolute atomic E-state index is 14.9. The van der Waals surface area contributed by atoms with E-state index >= 15 is 0 Å². The Bertz CT molecular complexity index is 1660. The third kappa shape index (κ3) is 5.70. The van der Waals surface area contributed by atoms with Crippen LogP contribution in [0.2, 0.25) is 0 Å². The number of halogens is 1. The molecule has 2 N–H and O–H groups in total. The van der Waals surface area contributed by atoms with E-state index in [2.05, 4.69) is 25.7 Å². The number of alkyl halides is 1. The molecule has 0 radical (unpaired) electrons. The molecule has 2 aromatic heterocycles. The summed E-state index contributed by atoms with van der Waals surface area (Å²) in [5.41, 5.74) is 1.56. The van der Waals surface area contributed by atoms with Crippen LogP contribution in [-0.2, 0) is 12.1 Å². The molecule has 0 saturated heterocycles. The van der Waals surface area contributed by atoms with Crippen molar-refractivity contribution in [3.63, 3.8) is 0 Å². The predicted octanol–water partition coefficient (Wildman–Crippen LogP) is 7.03. The summed E-state index contributed by atoms with van der Waals surface area (Å²) in [6.07, 6.45) is 2.25. The number of anilines is 2. The van der Waals surface area contributed by atoms with Crippen molar-refractivity contribution < 1.29 is 18.7 Å². The summed E-state index contributed by atoms with van der Waals surface area (Å²) in [6.45, 7) is 4.93. The van der Waals surface area contributed by atoms with Crippen molar-refractivity contribution >= 4 is 28.4 Å². The second-order valence-electron chi connectivity index (χ2n) is 9.56. The molecule has 2 amide bonds. The van der Waals surface area contributed by atoms with Crippen LogP contribution in [0.4, 0.5) is 20.7 Å². The Hall–Kier alpha value is -4.99. The average Bonchev–Trinajstić information content (AvgIpc) is 3.37. The second kappa shape index (κ2) is 11.0. The number of rotatable bonds is 8. The fourth-order valence-corrected chi connectivity index (χ4v) is 4.31. The number of aromatic nitrogens is 4. The molecule has 0 saturated carbocycles. The zero-order valence-corrected chi connectivity index (χ0v) is 22.6. The molecule has 40 heavy (non-hydrogen) atoms. The molecule has 5 aromatic rings. The summed E-state index contributed by atoms with van der Waals surface area (Å²) >= 11 is 0. The highest BCUT2D eigenvalue weighted by Gasteiger charge is 2.26. The largest absolute Gasteiger partial charge is 0.496 e. The first-order valence-corrected chi connectivity index (χ1v) is 12.8. The number of hydrogen-bond donors (Lipinski definition) is 2. The van der Waals surface area contributed by atoms with Crippen LogP contribution in [0, 0.1) is 0 Å². The molecule has 10 heteroatoms. The number of para-hydroxylation sites is 1. The van der Waals surface area contributed by atoms with Gasteiger partial charge in [0.2, 0.25) is 5.88 Å². The first-order chi connectivity index (χ1) is 19.2. The van der Waals surface area contributed by atoms with Gasteiger partial charge in [0.05, 0.1) is 29.4 Å². The van der Waals surface area contributed by atoms with Crippen LogP contribution in [0.3, 0.4) is 0 Å². The van der Waals surface area contributed by atoms with E-state index in [0.29, 0.717) is 34.1 Å². The number of nitrogens with one attached hydrogen (secondary N) is 2. The average molecular weight is 541 g/mol. The van der Waals surface area contributed by atoms with Gasteiger partial charge in [0.15, 0.2) is 5.82 Å². The SMILES string of the molecule is CCc1cc2ncnc(Oc3cccc(NC(=O)Nc4cc(C(C)(C)F)n(-c5ccccc5)n4)c3)c2cc1OC. The number of hydrogen-bond acceptors (Lipinski definition) is 6. The lowest BCUT2D eigenvalue weighted by molar-refractivity contribution is 0.209. The van der Waals surface area contributed by atoms with Crippen molar-refractivity contribution in [1.82, 2.24) is 19.7 Å². The van der Waals surface area contributed by atoms with Crippen LogP contribution in [0.15, 0.2) is 79.1 Å². The molecule has 0 bridgehead atoms. The number of ether oxygens (including phenoxy) is 2. The number of methoxy groups -OCH3 is 1. The van der Waals surface area contributed by atoms with E-state index in [9.17, 15) is 9.18 Å². The minimum absolute atomic E-state index is 0.210. The van der Waals surface area contributed by atoms with E-state index in [1.54, 1.807) is 31.4 Å². The summed E-state index contributed by atoms with van der Waals surface area (Å²) in [7, 11) is 1.62. The lowest BCUT2D eigenvalue weighted by Gasteiger charge is -2.16. The lowest BCUT2D eigenvalue weighted by atomic mass is 10.1. The van der Waals surface area contributed by atoms with Crippen LogP contribution in [0.1, 0.15) is 32.0 Å². The molecule has 5 rings (SSSR count). The number of carbonyl (C=O) groups excluding carboxylic acids is 1. The summed E-state index contributed by atoms with van der Waals surface area (Å²) in [5, 5.41) is 10.6. The van der Waals surface area contributed by atoms with E-state index in [-0.39, 0.29) is 5.82 Å². The number of fused-ring (bicyclic) bond motifs is 1. The highest BCUT2D eigenvalue weighted by molar-refractivity contribution is 5.99. The van der Waals surface area contributed by atoms with E-state index in [1.807, 2.05) is 49.4 Å². The third-order valence-electron chi connectivity index (χ3n) is 6.25. The molecule has 3 aromatic carbocycles. The van der Waals surface area contributed by atoms with Crippen molar-refractivity contribution in [3.8, 4) is 23.1 Å². The number of urea groups is 1. The third-order valence-corrected chi connectivity index (χ3v) is 6.25. The molecule has 0 spiro atoms. The highest BCUT2D eigenvalue weighted by Crippen LogP contribution is 2.33. The number of benzene rings is 3. The van der Waals surface area contributed by atoms with Gasteiger partial charge in [0.1, 0.15) is 23.5 Å². The minimum Gasteiger partial charge on any atom is -0.496 e. The van der Waals surface area contributed by atoms with E-state index in [0.717, 1.165) is 23.3 Å². The molecule has 204 valence electrons. The highest BCUT2D eigenvalue weighted by atomic mass is 19.1. The summed E-state index contributed by atoms with van der Waals surface area (Å²) in [6, 6.07) is 20.9. The molecule has 0 fully saturated rings. The maximum Gasteiger partial charge on any atom is 0.324 e. The van der Waals surface area contributed by atoms with E-state index < -0.39 is 11.7 Å². The Morgan fingerprint density at radius 2 is 1.80 bits per heavy atom. The second-order valence-corrected chi connectivity index (χ2v) is 9.56. The van der Waals surface area contributed by atoms with Crippen LogP contribution in [-0.4, -0.2) is 32.9 Å². The lowest BCUT2D eigenvalue weighted by Crippen LogP contribution is -2.19. The van der Waals surface area contributed by atoms with E-state index in [4.69, 9.17) is 9.47 Å². The van der Waals surface area contributed by atoms with Gasteiger partial charge in [-0.1, -0.05) is 31.2 Å². The Kier molecular flexibility index (Phi) is 7.33. The van der Waals surface area contributed by atoms with Crippen LogP contribution in [0.5, 0.6) is 17.4 Å². The molecule has 0 atom stereocenters. The molecule has 0 unspecified atom stereocenters. The van der Waals surface area contributed by atoms with Gasteiger partial charge in [-0.05, 0) is 62.2 Å². The maximum atomic E-state index is 14.9. The van der Waals surface area contributed by atoms with Gasteiger partial charge in [-0.2, -0.15) is 0 Å². The molecular weight excluding hydrogens is 511 g/mol. The Balaban J connectivity index is 1.34. The van der Waals surface area contributed by atoms with Crippen molar-refractivity contribution in [3.05, 3.63) is 90.4 Å². The van der Waals surface area contributed by atoms with Crippen molar-refractivity contribution in [2.75, 3.05) is 17.7 Å². The monoisotopic (exact) mass is 540 g/mol. The molecule has 9 nitrogen and oxygen atoms in total. The Labute approximate surface area is 231 Å². The summed E-state index contributed by atoms with van der Waals surface area (Å²) in [4.78, 5) is 21.5. The standard InChI is InChI=1S/C30H29FN6O3/c1-5-19-14-24-23(16-25(19)39-4)28(33-18-32-24)40-22-13-9-10-20(15-22)34-29(38)35-27-17-26(30(2,3)31)37(36-27)21-11-7-6-8-12-21/h6-18H,5H2,1-4H3,(H2,34,35,36,38). The van der Waals surface area contributed by atoms with Gasteiger partial charge < -0.3 is 14.8 Å². The fourth-order valence-electron chi connectivity index (χ4n) is 4.31. The smallest absolute Gasteiger partial charge is 0.324 e. The van der Waals surface area contributed by atoms with Crippen molar-refractivity contribution in [2.45, 2.75) is 32.9 Å². The first kappa shape index (κ1) is 26.6. The van der Waals surface area contributed by atoms with Gasteiger partial charge in [0, 0.05) is 17.8 Å². The summed E-state index contributed by atoms with van der Waals surface area (Å²) < 4.78 is 28.0. The van der Waals surface area contributed by atoms with Crippen LogP contribution in [0.25, 0.3) is 16.6 Å². The minimum atomic E-state index is -1.68. The molecule has 0 aliphatic heterocycles. The van der Waals surface area contributed by atoms with Gasteiger partial charge in [0.25, 0.3) is 0 Å². The fraction of sp³-hybridized carbons (Fsp3) is 0.200. The molecule has 0 aliphatic rings. The number of amides is 2. The van der Waals surface area contributed by atoms with Crippen LogP contribution < -0.4 is 20.1 Å². The summed E-state index contributed by atoms with van der Waals surface area (Å²) in [5.74, 6) is 1.77. The Morgan fingerprint density at radius 1 is 1.00 bits per heavy atom. The van der Waals surface area contributed by atoms with Gasteiger partial charge in [-0.25, -0.2) is 23.8 Å². The molecular formula is C30H29FN6O3. The molecule has 2 heterocycles. The first-order valence-electron chi connectivity index (χ1n) is 12.8. The number of carbonyl (C=O) groups is 1. The van der Waals surface area contributed by atoms with Gasteiger partial charge >= 0.3 is 6.03 Å². The zero-order valence-electron chi connectivity index (χ0n) is 22.6. The topological polar surface area (TPSA) is 103 Å². The van der Waals surface area contributed by atoms with Crippen molar-refractivity contribution in [2.24, 2.45) is 0 Å². The number of nitrogens with zero attached hydrogens (tertiary/aromatic N) is 4. The van der Waals surface area contributed by atoms with Crippen LogP contribution >= 0.6 is 0 Å². The Morgan fingerprint density at radius 3 is 2.52 bits per heavy atom. The van der Waals surface area contributed by atoms with Crippen molar-refractivity contribution in [1.29, 1.82) is 0 Å². The van der Waals surface area contributed by atoms with Gasteiger partial charge in [-0.3, -0.25) is 5.32 Å². The van der Waals surface area contributed by atoms with Gasteiger partial charge in [-0.15, -0.1) is 5.10 Å². The number of aryl methyl sites for hydroxylation is 1. The zero-order chi connectivity index (χ0) is 28.3. The van der Waals surface area contributed by atoms with E-state index in [1.165, 1.54) is 30.9 Å². The molecule has 0 aliphatic carbocycles. The predicted molar refractivity (Wildman–Crippen MR) is 152 cm³/mol. The quantitative estimate of drug-likeness (QED) is 0.219.